The van der Waals surface area contributed by atoms with Gasteiger partial charge in [0, 0.05) is 26.2 Å². The van der Waals surface area contributed by atoms with Crippen molar-refractivity contribution in [1.29, 1.82) is 0 Å². The van der Waals surface area contributed by atoms with Gasteiger partial charge in [-0.3, -0.25) is 4.79 Å². The molecule has 0 spiro atoms. The molecule has 3 rings (SSSR count). The first kappa shape index (κ1) is 20.9. The number of halogens is 1. The third kappa shape index (κ3) is 4.26. The van der Waals surface area contributed by atoms with E-state index in [2.05, 4.69) is 25.7 Å². The fraction of sp³-hybridized carbons (Fsp3) is 0.545. The molecule has 0 unspecified atom stereocenters. The molecule has 1 fully saturated rings. The molecule has 5 nitrogen and oxygen atoms in total. The molecular formula is C22H31ClN4O. The largest absolute Gasteiger partial charge is 0.336 e. The molecule has 2 aromatic rings. The Morgan fingerprint density at radius 1 is 1.04 bits per heavy atom. The molecule has 1 saturated heterocycles. The summed E-state index contributed by atoms with van der Waals surface area (Å²) in [6.07, 6.45) is 3.50. The van der Waals surface area contributed by atoms with Gasteiger partial charge in [0.1, 0.15) is 0 Å². The summed E-state index contributed by atoms with van der Waals surface area (Å²) in [5.41, 5.74) is 3.53. The number of piperazine rings is 1. The monoisotopic (exact) mass is 402 g/mol. The maximum absolute atomic E-state index is 13.5. The molecule has 6 heteroatoms. The topological polar surface area (TPSA) is 41.4 Å². The Bertz CT molecular complexity index is 809. The number of aromatic nitrogens is 2. The fourth-order valence-corrected chi connectivity index (χ4v) is 4.09. The predicted molar refractivity (Wildman–Crippen MR) is 115 cm³/mol. The van der Waals surface area contributed by atoms with Crippen LogP contribution in [0, 0.1) is 0 Å². The highest BCUT2D eigenvalue weighted by Gasteiger charge is 2.29. The van der Waals surface area contributed by atoms with E-state index in [1.165, 1.54) is 0 Å². The van der Waals surface area contributed by atoms with Crippen molar-refractivity contribution >= 4 is 17.5 Å². The lowest BCUT2D eigenvalue weighted by Crippen LogP contribution is -2.48. The molecule has 0 radical (unpaired) electrons. The molecule has 0 bridgehead atoms. The van der Waals surface area contributed by atoms with Gasteiger partial charge in [-0.15, -0.1) is 0 Å². The Morgan fingerprint density at radius 2 is 1.71 bits per heavy atom. The van der Waals surface area contributed by atoms with E-state index in [1.807, 2.05) is 33.8 Å². The van der Waals surface area contributed by atoms with Crippen LogP contribution in [0.2, 0.25) is 5.02 Å². The zero-order chi connectivity index (χ0) is 20.1. The number of aryl methyl sites for hydroxylation is 1. The van der Waals surface area contributed by atoms with Gasteiger partial charge in [0.2, 0.25) is 0 Å². The van der Waals surface area contributed by atoms with Crippen LogP contribution in [0.15, 0.2) is 24.3 Å². The zero-order valence-electron chi connectivity index (χ0n) is 17.2. The van der Waals surface area contributed by atoms with Crippen LogP contribution >= 0.6 is 11.6 Å². The first-order valence-electron chi connectivity index (χ1n) is 10.5. The molecule has 28 heavy (non-hydrogen) atoms. The zero-order valence-corrected chi connectivity index (χ0v) is 18.0. The minimum atomic E-state index is 0.126. The SMILES string of the molecule is CCCc1nn(-c2ccccc2Cl)c(CCC)c1C(=O)N1CCN(CC)CC1. The maximum Gasteiger partial charge on any atom is 0.257 e. The predicted octanol–water partition coefficient (Wildman–Crippen LogP) is 4.21. The van der Waals surface area contributed by atoms with E-state index in [4.69, 9.17) is 16.7 Å². The number of nitrogens with zero attached hydrogens (tertiary/aromatic N) is 4. The molecule has 1 aliphatic rings. The highest BCUT2D eigenvalue weighted by molar-refractivity contribution is 6.32. The second-order valence-electron chi connectivity index (χ2n) is 7.36. The van der Waals surface area contributed by atoms with Crippen molar-refractivity contribution < 1.29 is 4.79 Å². The number of hydrogen-bond acceptors (Lipinski definition) is 3. The molecule has 0 saturated carbocycles. The number of likely N-dealkylation sites (N-methyl/N-ethyl adjacent to an activating group) is 1. The van der Waals surface area contributed by atoms with Gasteiger partial charge in [-0.2, -0.15) is 5.10 Å². The maximum atomic E-state index is 13.5. The van der Waals surface area contributed by atoms with Crippen LogP contribution in [-0.4, -0.2) is 58.2 Å². The van der Waals surface area contributed by atoms with Crippen molar-refractivity contribution in [3.05, 3.63) is 46.2 Å². The summed E-state index contributed by atoms with van der Waals surface area (Å²) >= 11 is 6.47. The lowest BCUT2D eigenvalue weighted by atomic mass is 10.0. The fourth-order valence-electron chi connectivity index (χ4n) is 3.88. The first-order chi connectivity index (χ1) is 13.6. The van der Waals surface area contributed by atoms with Gasteiger partial charge in [-0.1, -0.05) is 57.3 Å². The molecule has 2 heterocycles. The number of benzene rings is 1. The van der Waals surface area contributed by atoms with Gasteiger partial charge < -0.3 is 9.80 Å². The highest BCUT2D eigenvalue weighted by atomic mass is 35.5. The number of rotatable bonds is 7. The highest BCUT2D eigenvalue weighted by Crippen LogP contribution is 2.27. The molecule has 0 N–H and O–H groups in total. The Balaban J connectivity index is 2.03. The van der Waals surface area contributed by atoms with Gasteiger partial charge in [0.05, 0.1) is 27.7 Å². The second-order valence-corrected chi connectivity index (χ2v) is 7.77. The van der Waals surface area contributed by atoms with Gasteiger partial charge in [-0.05, 0) is 31.5 Å². The Morgan fingerprint density at radius 3 is 2.32 bits per heavy atom. The number of carbonyl (C=O) groups is 1. The number of para-hydroxylation sites is 1. The number of carbonyl (C=O) groups excluding carboxylic acids is 1. The van der Waals surface area contributed by atoms with E-state index in [0.29, 0.717) is 5.02 Å². The first-order valence-corrected chi connectivity index (χ1v) is 10.9. The van der Waals surface area contributed by atoms with Gasteiger partial charge in [0.25, 0.3) is 5.91 Å². The van der Waals surface area contributed by atoms with Crippen LogP contribution in [0.25, 0.3) is 5.69 Å². The summed E-state index contributed by atoms with van der Waals surface area (Å²) in [6.45, 7) is 10.9. The van der Waals surface area contributed by atoms with Gasteiger partial charge >= 0.3 is 0 Å². The number of amides is 1. The molecule has 1 aliphatic heterocycles. The molecule has 1 amide bonds. The summed E-state index contributed by atoms with van der Waals surface area (Å²) in [7, 11) is 0. The lowest BCUT2D eigenvalue weighted by molar-refractivity contribution is 0.0641. The van der Waals surface area contributed by atoms with E-state index in [0.717, 1.165) is 81.0 Å². The third-order valence-corrected chi connectivity index (χ3v) is 5.75. The quantitative estimate of drug-likeness (QED) is 0.696. The summed E-state index contributed by atoms with van der Waals surface area (Å²) in [4.78, 5) is 17.9. The van der Waals surface area contributed by atoms with Gasteiger partial charge in [-0.25, -0.2) is 4.68 Å². The summed E-state index contributed by atoms with van der Waals surface area (Å²) in [5.74, 6) is 0.126. The van der Waals surface area contributed by atoms with Crippen molar-refractivity contribution in [3.8, 4) is 5.69 Å². The minimum Gasteiger partial charge on any atom is -0.336 e. The molecular weight excluding hydrogens is 372 g/mol. The normalized spacial score (nSPS) is 15.2. The average Bonchev–Trinajstić information content (AvgIpc) is 3.06. The van der Waals surface area contributed by atoms with Crippen LogP contribution in [0.4, 0.5) is 0 Å². The van der Waals surface area contributed by atoms with E-state index >= 15 is 0 Å². The molecule has 0 aliphatic carbocycles. The average molecular weight is 403 g/mol. The van der Waals surface area contributed by atoms with Crippen molar-refractivity contribution in [2.75, 3.05) is 32.7 Å². The van der Waals surface area contributed by atoms with E-state index in [9.17, 15) is 4.79 Å². The lowest BCUT2D eigenvalue weighted by Gasteiger charge is -2.34. The van der Waals surface area contributed by atoms with Crippen molar-refractivity contribution in [2.45, 2.75) is 46.5 Å². The van der Waals surface area contributed by atoms with E-state index in [-0.39, 0.29) is 5.91 Å². The van der Waals surface area contributed by atoms with Crippen LogP contribution in [-0.2, 0) is 12.8 Å². The summed E-state index contributed by atoms with van der Waals surface area (Å²) in [6, 6.07) is 7.72. The standard InChI is InChI=1S/C22H31ClN4O/c1-4-9-18-21(22(28)26-15-13-25(6-3)14-16-26)20(10-5-2)27(24-18)19-12-8-7-11-17(19)23/h7-8,11-12H,4-6,9-10,13-16H2,1-3H3. The van der Waals surface area contributed by atoms with Crippen molar-refractivity contribution in [1.82, 2.24) is 19.6 Å². The Labute approximate surface area is 173 Å². The summed E-state index contributed by atoms with van der Waals surface area (Å²) in [5, 5.41) is 5.52. The Hall–Kier alpha value is -1.85. The molecule has 1 aromatic heterocycles. The Kier molecular flexibility index (Phi) is 7.13. The van der Waals surface area contributed by atoms with Crippen LogP contribution in [0.1, 0.15) is 55.4 Å². The molecule has 1 aromatic carbocycles. The van der Waals surface area contributed by atoms with Crippen LogP contribution in [0.5, 0.6) is 0 Å². The van der Waals surface area contributed by atoms with Crippen LogP contribution in [0.3, 0.4) is 0 Å². The minimum absolute atomic E-state index is 0.126. The second kappa shape index (κ2) is 9.57. The van der Waals surface area contributed by atoms with Crippen molar-refractivity contribution in [3.63, 3.8) is 0 Å². The van der Waals surface area contributed by atoms with Gasteiger partial charge in [0.15, 0.2) is 0 Å². The third-order valence-electron chi connectivity index (χ3n) is 5.43. The smallest absolute Gasteiger partial charge is 0.257 e. The van der Waals surface area contributed by atoms with E-state index in [1.54, 1.807) is 0 Å². The summed E-state index contributed by atoms with van der Waals surface area (Å²) < 4.78 is 1.91. The van der Waals surface area contributed by atoms with Crippen LogP contribution < -0.4 is 0 Å². The van der Waals surface area contributed by atoms with Crippen molar-refractivity contribution in [2.24, 2.45) is 0 Å². The number of hydrogen-bond donors (Lipinski definition) is 0. The van der Waals surface area contributed by atoms with E-state index < -0.39 is 0 Å². The molecule has 0 atom stereocenters. The molecule has 152 valence electrons.